The summed E-state index contributed by atoms with van der Waals surface area (Å²) in [4.78, 5) is 33.3. The minimum absolute atomic E-state index is 0.00523. The molecule has 0 unspecified atom stereocenters. The molecule has 7 nitrogen and oxygen atoms in total. The summed E-state index contributed by atoms with van der Waals surface area (Å²) < 4.78 is 11.3. The van der Waals surface area contributed by atoms with E-state index in [-0.39, 0.29) is 11.7 Å². The van der Waals surface area contributed by atoms with Gasteiger partial charge in [-0.1, -0.05) is 23.7 Å². The lowest BCUT2D eigenvalue weighted by Gasteiger charge is -2.26. The summed E-state index contributed by atoms with van der Waals surface area (Å²) in [5, 5.41) is 1.37. The molecule has 1 aliphatic rings. The molecule has 1 fully saturated rings. The van der Waals surface area contributed by atoms with Gasteiger partial charge < -0.3 is 19.0 Å². The quantitative estimate of drug-likeness (QED) is 0.257. The first-order chi connectivity index (χ1) is 18.9. The number of carbonyl (C=O) groups is 2. The van der Waals surface area contributed by atoms with Gasteiger partial charge in [-0.2, -0.15) is 0 Å². The minimum Gasteiger partial charge on any atom is -0.459 e. The van der Waals surface area contributed by atoms with E-state index in [9.17, 15) is 9.59 Å². The number of hydrogen-bond acceptors (Lipinski definition) is 6. The van der Waals surface area contributed by atoms with E-state index in [4.69, 9.17) is 20.8 Å². The van der Waals surface area contributed by atoms with E-state index in [1.54, 1.807) is 18.3 Å². The zero-order chi connectivity index (χ0) is 27.4. The molecular weight excluding hydrogens is 514 g/mol. The van der Waals surface area contributed by atoms with E-state index in [2.05, 4.69) is 4.98 Å². The average molecular weight is 544 g/mol. The summed E-state index contributed by atoms with van der Waals surface area (Å²) in [7, 11) is 3.86. The highest BCUT2D eigenvalue weighted by Gasteiger charge is 2.18. The molecule has 8 heteroatoms. The molecule has 0 N–H and O–H groups in total. The number of morpholine rings is 1. The number of anilines is 1. The molecule has 2 aromatic carbocycles. The van der Waals surface area contributed by atoms with Crippen LogP contribution in [-0.4, -0.2) is 62.0 Å². The number of hydrogen-bond donors (Lipinski definition) is 0. The molecule has 1 saturated heterocycles. The van der Waals surface area contributed by atoms with Crippen molar-refractivity contribution in [3.63, 3.8) is 0 Å². The molecule has 1 amide bonds. The van der Waals surface area contributed by atoms with Crippen LogP contribution >= 0.6 is 11.6 Å². The van der Waals surface area contributed by atoms with Crippen molar-refractivity contribution in [2.24, 2.45) is 0 Å². The Kier molecular flexibility index (Phi) is 8.10. The Morgan fingerprint density at radius 2 is 1.79 bits per heavy atom. The fourth-order valence-electron chi connectivity index (χ4n) is 4.49. The van der Waals surface area contributed by atoms with E-state index in [0.29, 0.717) is 61.1 Å². The van der Waals surface area contributed by atoms with Crippen molar-refractivity contribution >= 4 is 46.2 Å². The number of carbonyl (C=O) groups excluding carboxylic acids is 2. The highest BCUT2D eigenvalue weighted by molar-refractivity contribution is 6.35. The second kappa shape index (κ2) is 11.8. The van der Waals surface area contributed by atoms with Crippen molar-refractivity contribution < 1.29 is 18.7 Å². The predicted molar refractivity (Wildman–Crippen MR) is 154 cm³/mol. The van der Waals surface area contributed by atoms with E-state index in [1.807, 2.05) is 78.5 Å². The van der Waals surface area contributed by atoms with Crippen LogP contribution in [0.15, 0.2) is 71.3 Å². The number of allylic oxidation sites excluding steroid dienone is 1. The third kappa shape index (κ3) is 6.38. The number of benzene rings is 2. The maximum Gasteiger partial charge on any atom is 0.254 e. The molecule has 39 heavy (non-hydrogen) atoms. The van der Waals surface area contributed by atoms with E-state index in [1.165, 1.54) is 0 Å². The van der Waals surface area contributed by atoms with Gasteiger partial charge in [0, 0.05) is 57.2 Å². The first kappa shape index (κ1) is 26.7. The summed E-state index contributed by atoms with van der Waals surface area (Å²) in [5.41, 5.74) is 4.01. The number of aromatic nitrogens is 1. The average Bonchev–Trinajstić information content (AvgIpc) is 3.39. The van der Waals surface area contributed by atoms with E-state index >= 15 is 0 Å². The molecule has 2 aromatic heterocycles. The van der Waals surface area contributed by atoms with Crippen LogP contribution in [0.3, 0.4) is 0 Å². The van der Waals surface area contributed by atoms with Crippen molar-refractivity contribution in [1.82, 2.24) is 9.88 Å². The van der Waals surface area contributed by atoms with Crippen LogP contribution < -0.4 is 4.90 Å². The van der Waals surface area contributed by atoms with Gasteiger partial charge in [0.2, 0.25) is 0 Å². The van der Waals surface area contributed by atoms with Gasteiger partial charge >= 0.3 is 0 Å². The van der Waals surface area contributed by atoms with Crippen LogP contribution in [0.1, 0.15) is 28.1 Å². The van der Waals surface area contributed by atoms with E-state index < -0.39 is 0 Å². The Morgan fingerprint density at radius 3 is 2.49 bits per heavy atom. The van der Waals surface area contributed by atoms with Crippen LogP contribution in [0.25, 0.3) is 28.2 Å². The van der Waals surface area contributed by atoms with E-state index in [0.717, 1.165) is 27.9 Å². The van der Waals surface area contributed by atoms with Gasteiger partial charge in [-0.25, -0.2) is 4.98 Å². The molecule has 0 spiro atoms. The lowest BCUT2D eigenvalue weighted by Crippen LogP contribution is -2.40. The lowest BCUT2D eigenvalue weighted by molar-refractivity contribution is -0.114. The number of ether oxygens (including phenoxy) is 1. The van der Waals surface area contributed by atoms with Gasteiger partial charge in [-0.15, -0.1) is 0 Å². The summed E-state index contributed by atoms with van der Waals surface area (Å²) >= 11 is 6.57. The topological polar surface area (TPSA) is 75.9 Å². The Labute approximate surface area is 232 Å². The Hall–Kier alpha value is -3.94. The van der Waals surface area contributed by atoms with Gasteiger partial charge in [0.1, 0.15) is 11.6 Å². The fraction of sp³-hybridized carbons (Fsp3) is 0.258. The maximum absolute atomic E-state index is 12.7. The summed E-state index contributed by atoms with van der Waals surface area (Å²) in [5.74, 6) is 1.59. The molecule has 3 heterocycles. The van der Waals surface area contributed by atoms with Crippen LogP contribution in [0, 0.1) is 0 Å². The van der Waals surface area contributed by atoms with Crippen LogP contribution in [0.2, 0.25) is 5.02 Å². The maximum atomic E-state index is 12.7. The van der Waals surface area contributed by atoms with Crippen LogP contribution in [-0.2, 0) is 16.0 Å². The second-order valence-corrected chi connectivity index (χ2v) is 10.1. The third-order valence-electron chi connectivity index (χ3n) is 6.69. The Morgan fingerprint density at radius 1 is 1.03 bits per heavy atom. The van der Waals surface area contributed by atoms with Crippen molar-refractivity contribution in [3.05, 3.63) is 88.8 Å². The molecule has 4 aromatic rings. The molecule has 1 aliphatic heterocycles. The third-order valence-corrected chi connectivity index (χ3v) is 6.97. The summed E-state index contributed by atoms with van der Waals surface area (Å²) in [6.07, 6.45) is 5.89. The number of aryl methyl sites for hydroxylation is 1. The number of halogens is 1. The van der Waals surface area contributed by atoms with Gasteiger partial charge in [-0.05, 0) is 71.3 Å². The molecule has 0 atom stereocenters. The highest BCUT2D eigenvalue weighted by atomic mass is 35.5. The van der Waals surface area contributed by atoms with Crippen LogP contribution in [0.5, 0.6) is 0 Å². The van der Waals surface area contributed by atoms with Gasteiger partial charge in [0.25, 0.3) is 5.91 Å². The monoisotopic (exact) mass is 543 g/mol. The fourth-order valence-corrected chi connectivity index (χ4v) is 4.75. The molecule has 0 saturated carbocycles. The zero-order valence-electron chi connectivity index (χ0n) is 22.0. The van der Waals surface area contributed by atoms with Crippen molar-refractivity contribution in [1.29, 1.82) is 0 Å². The van der Waals surface area contributed by atoms with Crippen LogP contribution in [0.4, 0.5) is 5.82 Å². The van der Waals surface area contributed by atoms with Gasteiger partial charge in [0.05, 0.1) is 18.2 Å². The first-order valence-corrected chi connectivity index (χ1v) is 13.3. The second-order valence-electron chi connectivity index (χ2n) is 9.71. The number of pyridine rings is 1. The molecule has 0 aliphatic carbocycles. The SMILES string of the molecule is CN(C)c1ccc(/C=C/C(=O)CCc2cc3cc(-c4ccc(C(=O)N5CCOCC5)cc4)cc(Cl)c3o2)cn1. The standard InChI is InChI=1S/C31H30ClN3O4/c1-34(2)29-12-4-21(20-33-29)3-9-26(36)10-11-27-18-25-17-24(19-28(32)30(25)39-27)22-5-7-23(8-6-22)31(37)35-13-15-38-16-14-35/h3-9,12,17-20H,10-11,13-16H2,1-2H3/b9-3+. The van der Waals surface area contributed by atoms with Crippen molar-refractivity contribution in [2.75, 3.05) is 45.3 Å². The molecular formula is C31H30ClN3O4. The molecule has 0 bridgehead atoms. The molecule has 200 valence electrons. The highest BCUT2D eigenvalue weighted by Crippen LogP contribution is 2.33. The Balaban J connectivity index is 1.23. The van der Waals surface area contributed by atoms with Crippen molar-refractivity contribution in [2.45, 2.75) is 12.8 Å². The van der Waals surface area contributed by atoms with Gasteiger partial charge in [0.15, 0.2) is 11.4 Å². The number of amides is 1. The molecule has 0 radical (unpaired) electrons. The summed E-state index contributed by atoms with van der Waals surface area (Å²) in [6.45, 7) is 2.37. The normalized spacial score (nSPS) is 13.8. The number of rotatable bonds is 8. The first-order valence-electron chi connectivity index (χ1n) is 12.9. The zero-order valence-corrected chi connectivity index (χ0v) is 22.8. The lowest BCUT2D eigenvalue weighted by atomic mass is 10.0. The number of fused-ring (bicyclic) bond motifs is 1. The molecule has 5 rings (SSSR count). The number of nitrogens with zero attached hydrogens (tertiary/aromatic N) is 3. The predicted octanol–water partition coefficient (Wildman–Crippen LogP) is 5.90. The van der Waals surface area contributed by atoms with Crippen molar-refractivity contribution in [3.8, 4) is 11.1 Å². The Bertz CT molecular complexity index is 1500. The number of ketones is 1. The largest absolute Gasteiger partial charge is 0.459 e. The van der Waals surface area contributed by atoms with Gasteiger partial charge in [-0.3, -0.25) is 9.59 Å². The smallest absolute Gasteiger partial charge is 0.254 e. The summed E-state index contributed by atoms with van der Waals surface area (Å²) in [6, 6.07) is 17.2. The number of furan rings is 1. The minimum atomic E-state index is 0.00523.